The van der Waals surface area contributed by atoms with Crippen LogP contribution in [0, 0.1) is 5.82 Å². The van der Waals surface area contributed by atoms with Crippen molar-refractivity contribution in [2.45, 2.75) is 6.61 Å². The van der Waals surface area contributed by atoms with Crippen LogP contribution in [-0.2, 0) is 11.4 Å². The summed E-state index contributed by atoms with van der Waals surface area (Å²) in [5.41, 5.74) is 0.535. The number of ether oxygens (including phenoxy) is 2. The quantitative estimate of drug-likeness (QED) is 0.744. The van der Waals surface area contributed by atoms with E-state index in [9.17, 15) is 4.39 Å². The molecule has 1 aromatic rings. The maximum absolute atomic E-state index is 13.2. The second-order valence-corrected chi connectivity index (χ2v) is 2.61. The van der Waals surface area contributed by atoms with Crippen molar-refractivity contribution < 1.29 is 18.7 Å². The molecular weight excluding hydrogens is 189 g/mol. The highest BCUT2D eigenvalue weighted by Gasteiger charge is 2.10. The van der Waals surface area contributed by atoms with E-state index in [4.69, 9.17) is 15.4 Å². The third-order valence-corrected chi connectivity index (χ3v) is 1.79. The monoisotopic (exact) mass is 201 g/mol. The SMILES string of the molecule is COc1cc(OC)c(CON)cc1F. The van der Waals surface area contributed by atoms with Crippen LogP contribution >= 0.6 is 0 Å². The summed E-state index contributed by atoms with van der Waals surface area (Å²) in [7, 11) is 2.86. The van der Waals surface area contributed by atoms with Crippen LogP contribution in [0.4, 0.5) is 4.39 Å². The van der Waals surface area contributed by atoms with Gasteiger partial charge in [-0.3, -0.25) is 4.84 Å². The lowest BCUT2D eigenvalue weighted by Gasteiger charge is -2.10. The second-order valence-electron chi connectivity index (χ2n) is 2.61. The van der Waals surface area contributed by atoms with Crippen LogP contribution < -0.4 is 15.4 Å². The first-order chi connectivity index (χ1) is 6.72. The van der Waals surface area contributed by atoms with E-state index in [-0.39, 0.29) is 12.4 Å². The second kappa shape index (κ2) is 4.78. The summed E-state index contributed by atoms with van der Waals surface area (Å²) in [6.07, 6.45) is 0. The first-order valence-electron chi connectivity index (χ1n) is 3.95. The molecule has 5 heteroatoms. The average Bonchev–Trinajstić information content (AvgIpc) is 2.19. The number of rotatable bonds is 4. The number of halogens is 1. The summed E-state index contributed by atoms with van der Waals surface area (Å²) < 4.78 is 23.0. The van der Waals surface area contributed by atoms with Gasteiger partial charge in [-0.1, -0.05) is 0 Å². The van der Waals surface area contributed by atoms with Gasteiger partial charge >= 0.3 is 0 Å². The summed E-state index contributed by atoms with van der Waals surface area (Å²) in [4.78, 5) is 4.41. The van der Waals surface area contributed by atoms with E-state index in [1.54, 1.807) is 0 Å². The smallest absolute Gasteiger partial charge is 0.165 e. The number of methoxy groups -OCH3 is 2. The Morgan fingerprint density at radius 1 is 1.21 bits per heavy atom. The highest BCUT2D eigenvalue weighted by atomic mass is 19.1. The standard InChI is InChI=1S/C9H12FNO3/c1-12-8-4-9(13-2)7(10)3-6(8)5-14-11/h3-4H,5,11H2,1-2H3. The van der Waals surface area contributed by atoms with Crippen LogP contribution in [0.1, 0.15) is 5.56 Å². The third-order valence-electron chi connectivity index (χ3n) is 1.79. The lowest BCUT2D eigenvalue weighted by atomic mass is 10.2. The summed E-state index contributed by atoms with van der Waals surface area (Å²) in [5, 5.41) is 0. The van der Waals surface area contributed by atoms with E-state index >= 15 is 0 Å². The molecule has 0 aliphatic carbocycles. The largest absolute Gasteiger partial charge is 0.496 e. The van der Waals surface area contributed by atoms with Crippen molar-refractivity contribution in [1.29, 1.82) is 0 Å². The van der Waals surface area contributed by atoms with Gasteiger partial charge < -0.3 is 9.47 Å². The molecule has 0 aromatic heterocycles. The molecule has 0 atom stereocenters. The highest BCUT2D eigenvalue weighted by Crippen LogP contribution is 2.28. The van der Waals surface area contributed by atoms with Crippen molar-refractivity contribution >= 4 is 0 Å². The van der Waals surface area contributed by atoms with E-state index in [1.807, 2.05) is 0 Å². The normalized spacial score (nSPS) is 10.0. The Hall–Kier alpha value is -1.33. The van der Waals surface area contributed by atoms with Crippen LogP contribution in [0.3, 0.4) is 0 Å². The van der Waals surface area contributed by atoms with E-state index in [0.717, 1.165) is 0 Å². The van der Waals surface area contributed by atoms with Crippen molar-refractivity contribution in [3.05, 3.63) is 23.5 Å². The molecule has 0 aliphatic heterocycles. The number of nitrogens with two attached hydrogens (primary N) is 1. The predicted molar refractivity (Wildman–Crippen MR) is 48.5 cm³/mol. The van der Waals surface area contributed by atoms with Crippen LogP contribution in [0.5, 0.6) is 11.5 Å². The van der Waals surface area contributed by atoms with Gasteiger partial charge in [0.2, 0.25) is 0 Å². The summed E-state index contributed by atoms with van der Waals surface area (Å²) in [6.45, 7) is 0.0874. The van der Waals surface area contributed by atoms with Gasteiger partial charge in [-0.2, -0.15) is 0 Å². The molecule has 1 aromatic carbocycles. The molecule has 0 fully saturated rings. The average molecular weight is 201 g/mol. The molecule has 2 N–H and O–H groups in total. The Labute approximate surface area is 81.3 Å². The maximum atomic E-state index is 13.2. The Morgan fingerprint density at radius 3 is 2.36 bits per heavy atom. The number of hydrogen-bond donors (Lipinski definition) is 1. The zero-order valence-corrected chi connectivity index (χ0v) is 8.04. The zero-order chi connectivity index (χ0) is 10.6. The van der Waals surface area contributed by atoms with Crippen molar-refractivity contribution in [2.75, 3.05) is 14.2 Å². The van der Waals surface area contributed by atoms with Gasteiger partial charge in [-0.25, -0.2) is 10.3 Å². The minimum atomic E-state index is -0.472. The van der Waals surface area contributed by atoms with Crippen LogP contribution in [-0.4, -0.2) is 14.2 Å². The van der Waals surface area contributed by atoms with Crippen molar-refractivity contribution in [3.63, 3.8) is 0 Å². The lowest BCUT2D eigenvalue weighted by molar-refractivity contribution is 0.121. The molecule has 0 aliphatic rings. The molecule has 0 spiro atoms. The molecular formula is C9H12FNO3. The first kappa shape index (κ1) is 10.7. The number of benzene rings is 1. The fourth-order valence-electron chi connectivity index (χ4n) is 1.12. The van der Waals surface area contributed by atoms with Gasteiger partial charge in [-0.05, 0) is 6.07 Å². The molecule has 78 valence electrons. The molecule has 0 bridgehead atoms. The Kier molecular flexibility index (Phi) is 3.67. The van der Waals surface area contributed by atoms with Gasteiger partial charge in [0.25, 0.3) is 0 Å². The van der Waals surface area contributed by atoms with Gasteiger partial charge in [0.05, 0.1) is 20.8 Å². The first-order valence-corrected chi connectivity index (χ1v) is 3.95. The van der Waals surface area contributed by atoms with Gasteiger partial charge in [0.1, 0.15) is 5.75 Å². The fraction of sp³-hybridized carbons (Fsp3) is 0.333. The van der Waals surface area contributed by atoms with E-state index in [2.05, 4.69) is 4.84 Å². The Balaban J connectivity index is 3.10. The zero-order valence-electron chi connectivity index (χ0n) is 8.04. The predicted octanol–water partition coefficient (Wildman–Crippen LogP) is 1.23. The molecule has 4 nitrogen and oxygen atoms in total. The molecule has 0 radical (unpaired) electrons. The van der Waals surface area contributed by atoms with Crippen LogP contribution in [0.25, 0.3) is 0 Å². The summed E-state index contributed by atoms with van der Waals surface area (Å²) in [5.74, 6) is 5.03. The van der Waals surface area contributed by atoms with E-state index < -0.39 is 5.82 Å². The molecule has 14 heavy (non-hydrogen) atoms. The molecule has 1 rings (SSSR count). The van der Waals surface area contributed by atoms with Crippen LogP contribution in [0.2, 0.25) is 0 Å². The molecule has 0 heterocycles. The van der Waals surface area contributed by atoms with Gasteiger partial charge in [-0.15, -0.1) is 0 Å². The molecule has 0 saturated carbocycles. The third kappa shape index (κ3) is 2.12. The summed E-state index contributed by atoms with van der Waals surface area (Å²) in [6, 6.07) is 2.72. The lowest BCUT2D eigenvalue weighted by Crippen LogP contribution is -2.02. The van der Waals surface area contributed by atoms with Crippen molar-refractivity contribution in [2.24, 2.45) is 5.90 Å². The molecule has 0 saturated heterocycles. The van der Waals surface area contributed by atoms with Gasteiger partial charge in [0, 0.05) is 11.6 Å². The highest BCUT2D eigenvalue weighted by molar-refractivity contribution is 5.41. The van der Waals surface area contributed by atoms with E-state index in [0.29, 0.717) is 11.3 Å². The maximum Gasteiger partial charge on any atom is 0.165 e. The van der Waals surface area contributed by atoms with Crippen LogP contribution in [0.15, 0.2) is 12.1 Å². The Bertz CT molecular complexity index is 317. The minimum absolute atomic E-state index is 0.0874. The fourth-order valence-corrected chi connectivity index (χ4v) is 1.12. The Morgan fingerprint density at radius 2 is 1.86 bits per heavy atom. The van der Waals surface area contributed by atoms with Crippen molar-refractivity contribution in [3.8, 4) is 11.5 Å². The topological polar surface area (TPSA) is 53.7 Å². The minimum Gasteiger partial charge on any atom is -0.496 e. The summed E-state index contributed by atoms with van der Waals surface area (Å²) >= 11 is 0. The van der Waals surface area contributed by atoms with Crippen molar-refractivity contribution in [1.82, 2.24) is 0 Å². The van der Waals surface area contributed by atoms with Gasteiger partial charge in [0.15, 0.2) is 11.6 Å². The number of hydrogen-bond acceptors (Lipinski definition) is 4. The molecule has 0 amide bonds. The molecule has 0 unspecified atom stereocenters. The van der Waals surface area contributed by atoms with E-state index in [1.165, 1.54) is 26.4 Å².